The Bertz CT molecular complexity index is 699. The average molecular weight is 312 g/mol. The maximum Gasteiger partial charge on any atom is 0.255 e. The quantitative estimate of drug-likeness (QED) is 0.900. The second-order valence-electron chi connectivity index (χ2n) is 6.46. The molecule has 122 valence electrons. The molecule has 2 atom stereocenters. The largest absolute Gasteiger partial charge is 0.505 e. The monoisotopic (exact) mass is 312 g/mol. The third-order valence-electron chi connectivity index (χ3n) is 5.11. The van der Waals surface area contributed by atoms with Gasteiger partial charge in [-0.2, -0.15) is 0 Å². The fourth-order valence-corrected chi connectivity index (χ4v) is 3.72. The van der Waals surface area contributed by atoms with Crippen molar-refractivity contribution in [3.63, 3.8) is 0 Å². The standard InChI is InChI=1S/C19H24N2O2/c1-2-13-6-3-4-7-15(13)12-21-19(23)16-10-9-14-8-5-11-20-17(14)18(16)22/h5,8-11,13,15,22H,2-4,6-7,12H2,1H3,(H,21,23). The summed E-state index contributed by atoms with van der Waals surface area (Å²) in [6.45, 7) is 2.92. The fourth-order valence-electron chi connectivity index (χ4n) is 3.72. The molecule has 1 aromatic carbocycles. The van der Waals surface area contributed by atoms with E-state index in [0.717, 1.165) is 5.39 Å². The molecule has 0 radical (unpaired) electrons. The lowest BCUT2D eigenvalue weighted by Gasteiger charge is -2.30. The maximum atomic E-state index is 12.4. The van der Waals surface area contributed by atoms with Crippen LogP contribution in [0.5, 0.6) is 5.75 Å². The summed E-state index contributed by atoms with van der Waals surface area (Å²) in [5.74, 6) is 1.01. The Morgan fingerprint density at radius 2 is 2.04 bits per heavy atom. The molecule has 4 nitrogen and oxygen atoms in total. The third-order valence-corrected chi connectivity index (χ3v) is 5.11. The number of phenols is 1. The van der Waals surface area contributed by atoms with Crippen molar-refractivity contribution in [1.29, 1.82) is 0 Å². The number of amides is 1. The van der Waals surface area contributed by atoms with Crippen molar-refractivity contribution in [1.82, 2.24) is 10.3 Å². The number of hydrogen-bond acceptors (Lipinski definition) is 3. The minimum atomic E-state index is -0.213. The topological polar surface area (TPSA) is 62.2 Å². The molecule has 0 aliphatic heterocycles. The number of nitrogens with zero attached hydrogens (tertiary/aromatic N) is 1. The van der Waals surface area contributed by atoms with Crippen LogP contribution in [-0.2, 0) is 0 Å². The van der Waals surface area contributed by atoms with E-state index in [9.17, 15) is 9.90 Å². The Morgan fingerprint density at radius 1 is 1.26 bits per heavy atom. The summed E-state index contributed by atoms with van der Waals surface area (Å²) >= 11 is 0. The second kappa shape index (κ2) is 6.99. The van der Waals surface area contributed by atoms with Crippen LogP contribution < -0.4 is 5.32 Å². The van der Waals surface area contributed by atoms with E-state index in [-0.39, 0.29) is 11.7 Å². The molecule has 1 fully saturated rings. The van der Waals surface area contributed by atoms with Crippen molar-refractivity contribution in [3.8, 4) is 5.75 Å². The lowest BCUT2D eigenvalue weighted by Crippen LogP contribution is -2.34. The summed E-state index contributed by atoms with van der Waals surface area (Å²) in [5.41, 5.74) is 0.782. The molecular formula is C19H24N2O2. The van der Waals surface area contributed by atoms with Crippen molar-refractivity contribution >= 4 is 16.8 Å². The van der Waals surface area contributed by atoms with Crippen LogP contribution in [0.4, 0.5) is 0 Å². The minimum absolute atomic E-state index is 0.0312. The molecule has 2 aromatic rings. The van der Waals surface area contributed by atoms with Crippen LogP contribution >= 0.6 is 0 Å². The number of hydrogen-bond donors (Lipinski definition) is 2. The summed E-state index contributed by atoms with van der Waals surface area (Å²) in [4.78, 5) is 16.6. The molecule has 2 N–H and O–H groups in total. The Balaban J connectivity index is 1.72. The molecule has 1 heterocycles. The number of rotatable bonds is 4. The normalized spacial score (nSPS) is 21.3. The molecule has 1 saturated carbocycles. The van der Waals surface area contributed by atoms with Gasteiger partial charge in [-0.1, -0.05) is 44.7 Å². The highest BCUT2D eigenvalue weighted by molar-refractivity contribution is 6.02. The highest BCUT2D eigenvalue weighted by atomic mass is 16.3. The molecule has 1 amide bonds. The number of phenolic OH excluding ortho intramolecular Hbond substituents is 1. The predicted molar refractivity (Wildman–Crippen MR) is 91.5 cm³/mol. The van der Waals surface area contributed by atoms with E-state index in [1.165, 1.54) is 32.1 Å². The van der Waals surface area contributed by atoms with Gasteiger partial charge in [0.15, 0.2) is 5.75 Å². The average Bonchev–Trinajstić information content (AvgIpc) is 2.60. The van der Waals surface area contributed by atoms with Gasteiger partial charge in [0.25, 0.3) is 5.91 Å². The van der Waals surface area contributed by atoms with Gasteiger partial charge >= 0.3 is 0 Å². The number of aromatic hydroxyl groups is 1. The first-order valence-electron chi connectivity index (χ1n) is 8.55. The van der Waals surface area contributed by atoms with Crippen LogP contribution in [0.3, 0.4) is 0 Å². The van der Waals surface area contributed by atoms with E-state index in [1.54, 1.807) is 12.3 Å². The number of carbonyl (C=O) groups is 1. The summed E-state index contributed by atoms with van der Waals surface area (Å²) in [5, 5.41) is 14.2. The summed E-state index contributed by atoms with van der Waals surface area (Å²) in [7, 11) is 0. The predicted octanol–water partition coefficient (Wildman–Crippen LogP) is 3.89. The molecule has 0 bridgehead atoms. The molecule has 2 unspecified atom stereocenters. The molecule has 1 aliphatic rings. The van der Waals surface area contributed by atoms with Gasteiger partial charge in [0.05, 0.1) is 5.56 Å². The third kappa shape index (κ3) is 3.31. The zero-order chi connectivity index (χ0) is 16.2. The molecule has 3 rings (SSSR count). The Kier molecular flexibility index (Phi) is 4.79. The molecular weight excluding hydrogens is 288 g/mol. The van der Waals surface area contributed by atoms with E-state index >= 15 is 0 Å². The van der Waals surface area contributed by atoms with Gasteiger partial charge in [0.1, 0.15) is 5.52 Å². The fraction of sp³-hybridized carbons (Fsp3) is 0.474. The molecule has 23 heavy (non-hydrogen) atoms. The second-order valence-corrected chi connectivity index (χ2v) is 6.46. The number of aromatic nitrogens is 1. The summed E-state index contributed by atoms with van der Waals surface area (Å²) < 4.78 is 0. The highest BCUT2D eigenvalue weighted by Gasteiger charge is 2.24. The summed E-state index contributed by atoms with van der Waals surface area (Å²) in [6, 6.07) is 7.19. The van der Waals surface area contributed by atoms with Crippen molar-refractivity contribution in [3.05, 3.63) is 36.0 Å². The van der Waals surface area contributed by atoms with E-state index in [4.69, 9.17) is 0 Å². The lowest BCUT2D eigenvalue weighted by molar-refractivity contribution is 0.0931. The van der Waals surface area contributed by atoms with Crippen LogP contribution in [0.25, 0.3) is 10.9 Å². The molecule has 1 aromatic heterocycles. The molecule has 0 saturated heterocycles. The molecule has 1 aliphatic carbocycles. The highest BCUT2D eigenvalue weighted by Crippen LogP contribution is 2.32. The van der Waals surface area contributed by atoms with Crippen molar-refractivity contribution < 1.29 is 9.90 Å². The van der Waals surface area contributed by atoms with E-state index in [0.29, 0.717) is 29.5 Å². The lowest BCUT2D eigenvalue weighted by atomic mass is 9.78. The number of nitrogens with one attached hydrogen (secondary N) is 1. The van der Waals surface area contributed by atoms with Crippen LogP contribution in [0, 0.1) is 11.8 Å². The van der Waals surface area contributed by atoms with E-state index in [1.807, 2.05) is 18.2 Å². The zero-order valence-electron chi connectivity index (χ0n) is 13.6. The van der Waals surface area contributed by atoms with Gasteiger partial charge in [-0.15, -0.1) is 0 Å². The maximum absolute atomic E-state index is 12.4. The van der Waals surface area contributed by atoms with Crippen molar-refractivity contribution in [2.45, 2.75) is 39.0 Å². The van der Waals surface area contributed by atoms with Gasteiger partial charge in [-0.25, -0.2) is 0 Å². The number of carbonyl (C=O) groups excluding carboxylic acids is 1. The summed E-state index contributed by atoms with van der Waals surface area (Å²) in [6.07, 6.45) is 7.80. The van der Waals surface area contributed by atoms with Gasteiger partial charge in [-0.05, 0) is 30.4 Å². The van der Waals surface area contributed by atoms with Gasteiger partial charge in [0.2, 0.25) is 0 Å². The molecule has 4 heteroatoms. The van der Waals surface area contributed by atoms with Crippen molar-refractivity contribution in [2.75, 3.05) is 6.54 Å². The van der Waals surface area contributed by atoms with Gasteiger partial charge in [0, 0.05) is 18.1 Å². The smallest absolute Gasteiger partial charge is 0.255 e. The Labute approximate surface area is 136 Å². The van der Waals surface area contributed by atoms with Gasteiger partial charge < -0.3 is 10.4 Å². The SMILES string of the molecule is CCC1CCCCC1CNC(=O)c1ccc2cccnc2c1O. The Hall–Kier alpha value is -2.10. The van der Waals surface area contributed by atoms with Gasteiger partial charge in [-0.3, -0.25) is 9.78 Å². The number of benzene rings is 1. The van der Waals surface area contributed by atoms with E-state index < -0.39 is 0 Å². The van der Waals surface area contributed by atoms with Crippen LogP contribution in [0.2, 0.25) is 0 Å². The number of fused-ring (bicyclic) bond motifs is 1. The van der Waals surface area contributed by atoms with Crippen LogP contribution in [0.15, 0.2) is 30.5 Å². The number of pyridine rings is 1. The first-order chi connectivity index (χ1) is 11.2. The first-order valence-corrected chi connectivity index (χ1v) is 8.55. The Morgan fingerprint density at radius 3 is 2.83 bits per heavy atom. The van der Waals surface area contributed by atoms with Crippen LogP contribution in [0.1, 0.15) is 49.4 Å². The first kappa shape index (κ1) is 15.8. The zero-order valence-corrected chi connectivity index (χ0v) is 13.6. The minimum Gasteiger partial charge on any atom is -0.505 e. The van der Waals surface area contributed by atoms with Crippen molar-refractivity contribution in [2.24, 2.45) is 11.8 Å². The van der Waals surface area contributed by atoms with Crippen LogP contribution in [-0.4, -0.2) is 22.5 Å². The molecule has 0 spiro atoms. The van der Waals surface area contributed by atoms with E-state index in [2.05, 4.69) is 17.2 Å².